The number of benzene rings is 1. The van der Waals surface area contributed by atoms with Gasteiger partial charge >= 0.3 is 12.0 Å². The second-order valence-corrected chi connectivity index (χ2v) is 9.26. The lowest BCUT2D eigenvalue weighted by molar-refractivity contribution is -0.141. The zero-order valence-corrected chi connectivity index (χ0v) is 18.8. The van der Waals surface area contributed by atoms with Gasteiger partial charge in [0.1, 0.15) is 6.54 Å². The van der Waals surface area contributed by atoms with Gasteiger partial charge in [0.25, 0.3) is 0 Å². The second-order valence-electron chi connectivity index (χ2n) is 7.86. The summed E-state index contributed by atoms with van der Waals surface area (Å²) in [5.41, 5.74) is 0.949. The molecule has 1 unspecified atom stereocenters. The van der Waals surface area contributed by atoms with E-state index in [1.165, 1.54) is 0 Å². The molecule has 4 rings (SSSR count). The van der Waals surface area contributed by atoms with E-state index in [1.807, 2.05) is 18.2 Å². The molecule has 2 fully saturated rings. The van der Waals surface area contributed by atoms with Gasteiger partial charge in [0.2, 0.25) is 12.7 Å². The average molecular weight is 465 g/mol. The molecule has 3 aliphatic rings. The number of nitrogens with zero attached hydrogens (tertiary/aromatic N) is 1. The number of rotatable bonds is 6. The van der Waals surface area contributed by atoms with E-state index >= 15 is 0 Å². The van der Waals surface area contributed by atoms with Crippen LogP contribution >= 0.6 is 11.8 Å². The van der Waals surface area contributed by atoms with Gasteiger partial charge in [0, 0.05) is 25.4 Å². The summed E-state index contributed by atoms with van der Waals surface area (Å²) in [6.07, 6.45) is 1.47. The molecular weight excluding hydrogens is 436 g/mol. The van der Waals surface area contributed by atoms with Gasteiger partial charge in [0.15, 0.2) is 11.5 Å². The fourth-order valence-electron chi connectivity index (χ4n) is 3.98. The van der Waals surface area contributed by atoms with E-state index in [0.717, 1.165) is 24.2 Å². The average Bonchev–Trinajstić information content (AvgIpc) is 3.43. The molecule has 10 nitrogen and oxygen atoms in total. The van der Waals surface area contributed by atoms with Crippen molar-refractivity contribution in [1.82, 2.24) is 20.9 Å². The number of fused-ring (bicyclic) bond motifs is 1. The number of carbonyl (C=O) groups is 3. The van der Waals surface area contributed by atoms with Crippen molar-refractivity contribution in [3.8, 4) is 11.5 Å². The fraction of sp³-hybridized carbons (Fsp3) is 0.571. The SMILES string of the molecule is CCOC(=O)CNC(=O)N1CCC2(CC1)NC(C(=O)NCc1ccc3c(c1)OCO3)CS2. The van der Waals surface area contributed by atoms with Crippen LogP contribution in [0.25, 0.3) is 0 Å². The monoisotopic (exact) mass is 464 g/mol. The molecule has 3 N–H and O–H groups in total. The van der Waals surface area contributed by atoms with E-state index in [-0.39, 0.29) is 42.8 Å². The molecule has 1 aromatic carbocycles. The lowest BCUT2D eigenvalue weighted by Gasteiger charge is -2.39. The third-order valence-corrected chi connectivity index (χ3v) is 7.31. The first-order chi connectivity index (χ1) is 15.5. The maximum absolute atomic E-state index is 12.7. The summed E-state index contributed by atoms with van der Waals surface area (Å²) < 4.78 is 15.5. The molecule has 174 valence electrons. The molecule has 0 saturated carbocycles. The summed E-state index contributed by atoms with van der Waals surface area (Å²) in [7, 11) is 0. The number of nitrogens with one attached hydrogen (secondary N) is 3. The molecule has 2 saturated heterocycles. The standard InChI is InChI=1S/C21H28N4O6S/c1-2-29-18(26)11-23-20(28)25-7-5-21(6-8-25)24-15(12-32-21)19(27)22-10-14-3-4-16-17(9-14)31-13-30-16/h3-4,9,15,24H,2,5-8,10-13H2,1H3,(H,22,27)(H,23,28). The molecule has 32 heavy (non-hydrogen) atoms. The summed E-state index contributed by atoms with van der Waals surface area (Å²) in [5, 5.41) is 9.07. The van der Waals surface area contributed by atoms with Crippen LogP contribution in [0.3, 0.4) is 0 Å². The molecule has 0 aromatic heterocycles. The highest BCUT2D eigenvalue weighted by atomic mass is 32.2. The molecule has 3 heterocycles. The summed E-state index contributed by atoms with van der Waals surface area (Å²) >= 11 is 1.74. The summed E-state index contributed by atoms with van der Waals surface area (Å²) in [5.74, 6) is 1.61. The maximum atomic E-state index is 12.7. The van der Waals surface area contributed by atoms with Crippen molar-refractivity contribution in [2.45, 2.75) is 37.2 Å². The number of esters is 1. The van der Waals surface area contributed by atoms with Gasteiger partial charge in [0.05, 0.1) is 17.5 Å². The highest BCUT2D eigenvalue weighted by molar-refractivity contribution is 8.01. The number of piperidine rings is 1. The molecule has 1 atom stereocenters. The molecule has 11 heteroatoms. The minimum Gasteiger partial charge on any atom is -0.465 e. The Bertz CT molecular complexity index is 874. The largest absolute Gasteiger partial charge is 0.465 e. The van der Waals surface area contributed by atoms with Crippen molar-refractivity contribution in [1.29, 1.82) is 0 Å². The Balaban J connectivity index is 1.21. The Labute approximate surface area is 190 Å². The van der Waals surface area contributed by atoms with Crippen LogP contribution in [0.2, 0.25) is 0 Å². The Morgan fingerprint density at radius 3 is 2.78 bits per heavy atom. The van der Waals surface area contributed by atoms with Crippen LogP contribution in [0.4, 0.5) is 4.79 Å². The molecule has 1 spiro atoms. The predicted molar refractivity (Wildman–Crippen MR) is 117 cm³/mol. The van der Waals surface area contributed by atoms with Crippen LogP contribution in [0.15, 0.2) is 18.2 Å². The summed E-state index contributed by atoms with van der Waals surface area (Å²) in [4.78, 5) is 37.9. The van der Waals surface area contributed by atoms with E-state index in [0.29, 0.717) is 31.1 Å². The topological polar surface area (TPSA) is 118 Å². The number of amides is 3. The number of urea groups is 1. The van der Waals surface area contributed by atoms with Gasteiger partial charge in [-0.2, -0.15) is 0 Å². The molecule has 3 amide bonds. The van der Waals surface area contributed by atoms with Gasteiger partial charge in [-0.05, 0) is 37.5 Å². The van der Waals surface area contributed by atoms with Crippen molar-refractivity contribution in [3.63, 3.8) is 0 Å². The number of likely N-dealkylation sites (tertiary alicyclic amines) is 1. The van der Waals surface area contributed by atoms with Crippen molar-refractivity contribution >= 4 is 29.7 Å². The minimum absolute atomic E-state index is 0.0401. The summed E-state index contributed by atoms with van der Waals surface area (Å²) in [6.45, 7) is 3.63. The number of ether oxygens (including phenoxy) is 3. The van der Waals surface area contributed by atoms with E-state index in [1.54, 1.807) is 23.6 Å². The Morgan fingerprint density at radius 1 is 1.22 bits per heavy atom. The third kappa shape index (κ3) is 5.21. The van der Waals surface area contributed by atoms with Crippen LogP contribution in [-0.4, -0.2) is 72.5 Å². The smallest absolute Gasteiger partial charge is 0.325 e. The van der Waals surface area contributed by atoms with Gasteiger partial charge < -0.3 is 29.7 Å². The highest BCUT2D eigenvalue weighted by Crippen LogP contribution is 2.39. The predicted octanol–water partition coefficient (Wildman–Crippen LogP) is 0.801. The quantitative estimate of drug-likeness (QED) is 0.529. The van der Waals surface area contributed by atoms with Crippen LogP contribution < -0.4 is 25.4 Å². The van der Waals surface area contributed by atoms with Crippen LogP contribution in [0.1, 0.15) is 25.3 Å². The molecule has 0 aliphatic carbocycles. The normalized spacial score (nSPS) is 20.8. The van der Waals surface area contributed by atoms with E-state index in [4.69, 9.17) is 14.2 Å². The molecule has 3 aliphatic heterocycles. The van der Waals surface area contributed by atoms with Gasteiger partial charge in [-0.25, -0.2) is 4.79 Å². The van der Waals surface area contributed by atoms with E-state index < -0.39 is 5.97 Å². The number of carbonyl (C=O) groups excluding carboxylic acids is 3. The zero-order chi connectivity index (χ0) is 22.6. The Kier molecular flexibility index (Phi) is 6.95. The van der Waals surface area contributed by atoms with Crippen molar-refractivity contribution in [2.24, 2.45) is 0 Å². The number of thioether (sulfide) groups is 1. The lowest BCUT2D eigenvalue weighted by Crippen LogP contribution is -2.55. The van der Waals surface area contributed by atoms with Crippen molar-refractivity contribution < 1.29 is 28.6 Å². The number of hydrogen-bond donors (Lipinski definition) is 3. The molecule has 1 aromatic rings. The van der Waals surface area contributed by atoms with Crippen molar-refractivity contribution in [3.05, 3.63) is 23.8 Å². The lowest BCUT2D eigenvalue weighted by atomic mass is 10.0. The first-order valence-electron chi connectivity index (χ1n) is 10.7. The van der Waals surface area contributed by atoms with Gasteiger partial charge in [-0.15, -0.1) is 11.8 Å². The fourth-order valence-corrected chi connectivity index (χ4v) is 5.40. The van der Waals surface area contributed by atoms with Crippen LogP contribution in [0.5, 0.6) is 11.5 Å². The summed E-state index contributed by atoms with van der Waals surface area (Å²) in [6, 6.07) is 5.09. The first-order valence-corrected chi connectivity index (χ1v) is 11.7. The third-order valence-electron chi connectivity index (χ3n) is 5.73. The van der Waals surface area contributed by atoms with Crippen molar-refractivity contribution in [2.75, 3.05) is 38.8 Å². The molecule has 0 bridgehead atoms. The zero-order valence-electron chi connectivity index (χ0n) is 18.0. The molecular formula is C21H28N4O6S. The van der Waals surface area contributed by atoms with E-state index in [9.17, 15) is 14.4 Å². The van der Waals surface area contributed by atoms with E-state index in [2.05, 4.69) is 16.0 Å². The maximum Gasteiger partial charge on any atom is 0.325 e. The minimum atomic E-state index is -0.447. The Hall–Kier alpha value is -2.66. The van der Waals surface area contributed by atoms with Gasteiger partial charge in [-0.3, -0.25) is 14.9 Å². The van der Waals surface area contributed by atoms with Crippen LogP contribution in [-0.2, 0) is 20.9 Å². The van der Waals surface area contributed by atoms with Crippen LogP contribution in [0, 0.1) is 0 Å². The number of hydrogen-bond acceptors (Lipinski definition) is 8. The highest BCUT2D eigenvalue weighted by Gasteiger charge is 2.44. The second kappa shape index (κ2) is 9.86. The van der Waals surface area contributed by atoms with Gasteiger partial charge in [-0.1, -0.05) is 6.07 Å². The first kappa shape index (κ1) is 22.5. The Morgan fingerprint density at radius 2 is 2.00 bits per heavy atom. The molecule has 0 radical (unpaired) electrons.